The highest BCUT2D eigenvalue weighted by Gasteiger charge is 2.19. The summed E-state index contributed by atoms with van der Waals surface area (Å²) in [6, 6.07) is 14.5. The van der Waals surface area contributed by atoms with Crippen molar-refractivity contribution in [2.45, 2.75) is 13.0 Å². The van der Waals surface area contributed by atoms with Gasteiger partial charge in [0.15, 0.2) is 6.61 Å². The van der Waals surface area contributed by atoms with Crippen molar-refractivity contribution >= 4 is 23.5 Å². The van der Waals surface area contributed by atoms with E-state index in [1.807, 2.05) is 0 Å². The maximum Gasteiger partial charge on any atom is 0.328 e. The fraction of sp³-hybridized carbons (Fsp3) is 0.211. The summed E-state index contributed by atoms with van der Waals surface area (Å²) in [6.07, 6.45) is 0. The lowest BCUT2D eigenvalue weighted by Crippen LogP contribution is -2.40. The van der Waals surface area contributed by atoms with Crippen LogP contribution < -0.4 is 15.4 Å². The van der Waals surface area contributed by atoms with Crippen molar-refractivity contribution in [1.29, 1.82) is 0 Å². The molecule has 7 heteroatoms. The summed E-state index contributed by atoms with van der Waals surface area (Å²) >= 11 is 0. The molecule has 1 atom stereocenters. The highest BCUT2D eigenvalue weighted by atomic mass is 16.5. The summed E-state index contributed by atoms with van der Waals surface area (Å²) < 4.78 is 10.1. The van der Waals surface area contributed by atoms with Crippen LogP contribution >= 0.6 is 0 Å². The van der Waals surface area contributed by atoms with Crippen LogP contribution in [0.5, 0.6) is 5.75 Å². The molecule has 2 amide bonds. The quantitative estimate of drug-likeness (QED) is 0.740. The number of carbonyl (C=O) groups excluding carboxylic acids is 3. The molecule has 0 radical (unpaired) electrons. The van der Waals surface area contributed by atoms with Gasteiger partial charge in [0.25, 0.3) is 11.8 Å². The van der Waals surface area contributed by atoms with Gasteiger partial charge in [-0.25, -0.2) is 4.79 Å². The Morgan fingerprint density at radius 3 is 2.35 bits per heavy atom. The number of ether oxygens (including phenoxy) is 2. The Balaban J connectivity index is 1.82. The number of esters is 1. The van der Waals surface area contributed by atoms with Gasteiger partial charge in [0.05, 0.1) is 12.8 Å². The number of para-hydroxylation sites is 2. The van der Waals surface area contributed by atoms with Crippen molar-refractivity contribution in [1.82, 2.24) is 5.32 Å². The lowest BCUT2D eigenvalue weighted by molar-refractivity contribution is -0.148. The maximum atomic E-state index is 12.0. The first-order valence-corrected chi connectivity index (χ1v) is 7.96. The predicted molar refractivity (Wildman–Crippen MR) is 96.0 cm³/mol. The Morgan fingerprint density at radius 2 is 1.65 bits per heavy atom. The van der Waals surface area contributed by atoms with Crippen LogP contribution in [-0.4, -0.2) is 37.5 Å². The number of carbonyl (C=O) groups is 3. The van der Waals surface area contributed by atoms with Crippen LogP contribution in [0.2, 0.25) is 0 Å². The molecule has 136 valence electrons. The van der Waals surface area contributed by atoms with Crippen molar-refractivity contribution in [2.24, 2.45) is 0 Å². The zero-order chi connectivity index (χ0) is 18.9. The van der Waals surface area contributed by atoms with Gasteiger partial charge in [0.1, 0.15) is 11.8 Å². The minimum Gasteiger partial charge on any atom is -0.495 e. The molecule has 0 aromatic heterocycles. The molecule has 0 bridgehead atoms. The Bertz CT molecular complexity index is 777. The summed E-state index contributed by atoms with van der Waals surface area (Å²) in [6.45, 7) is 1.02. The van der Waals surface area contributed by atoms with E-state index in [0.717, 1.165) is 0 Å². The van der Waals surface area contributed by atoms with E-state index in [4.69, 9.17) is 9.47 Å². The molecule has 0 saturated heterocycles. The molecular weight excluding hydrogens is 336 g/mol. The van der Waals surface area contributed by atoms with Crippen LogP contribution in [0, 0.1) is 0 Å². The van der Waals surface area contributed by atoms with Crippen molar-refractivity contribution in [2.75, 3.05) is 19.0 Å². The number of amides is 2. The summed E-state index contributed by atoms with van der Waals surface area (Å²) in [5.41, 5.74) is 0.905. The summed E-state index contributed by atoms with van der Waals surface area (Å²) in [5, 5.41) is 5.12. The fourth-order valence-electron chi connectivity index (χ4n) is 2.12. The normalized spacial score (nSPS) is 11.2. The highest BCUT2D eigenvalue weighted by Crippen LogP contribution is 2.22. The Kier molecular flexibility index (Phi) is 6.73. The van der Waals surface area contributed by atoms with Crippen LogP contribution in [0.15, 0.2) is 54.6 Å². The Hall–Kier alpha value is -3.35. The second-order valence-electron chi connectivity index (χ2n) is 5.42. The van der Waals surface area contributed by atoms with Gasteiger partial charge >= 0.3 is 5.97 Å². The van der Waals surface area contributed by atoms with Gasteiger partial charge in [0.2, 0.25) is 0 Å². The molecule has 0 aliphatic heterocycles. The van der Waals surface area contributed by atoms with E-state index in [0.29, 0.717) is 17.0 Å². The minimum atomic E-state index is -0.887. The molecule has 0 fully saturated rings. The Labute approximate surface area is 151 Å². The fourth-order valence-corrected chi connectivity index (χ4v) is 2.12. The first-order chi connectivity index (χ1) is 12.5. The van der Waals surface area contributed by atoms with Crippen molar-refractivity contribution in [3.05, 3.63) is 60.2 Å². The Morgan fingerprint density at radius 1 is 1.00 bits per heavy atom. The number of hydrogen-bond acceptors (Lipinski definition) is 5. The van der Waals surface area contributed by atoms with E-state index in [1.165, 1.54) is 14.0 Å². The largest absolute Gasteiger partial charge is 0.495 e. The number of benzene rings is 2. The third-order valence-corrected chi connectivity index (χ3v) is 3.46. The molecule has 2 N–H and O–H groups in total. The molecule has 2 rings (SSSR count). The summed E-state index contributed by atoms with van der Waals surface area (Å²) in [5.74, 6) is -1.11. The standard InChI is InChI=1S/C19H20N2O5/c1-13(20-18(23)14-8-4-3-5-9-14)19(24)26-12-17(22)21-15-10-6-7-11-16(15)25-2/h3-11,13H,12H2,1-2H3,(H,20,23)(H,21,22)/t13-/m1/s1. The van der Waals surface area contributed by atoms with E-state index in [1.54, 1.807) is 54.6 Å². The number of hydrogen-bond donors (Lipinski definition) is 2. The minimum absolute atomic E-state index is 0.395. The smallest absolute Gasteiger partial charge is 0.328 e. The molecule has 2 aromatic rings. The van der Waals surface area contributed by atoms with Crippen molar-refractivity contribution in [3.63, 3.8) is 0 Å². The maximum absolute atomic E-state index is 12.0. The van der Waals surface area contributed by atoms with E-state index in [9.17, 15) is 14.4 Å². The first-order valence-electron chi connectivity index (χ1n) is 7.96. The molecular formula is C19H20N2O5. The third kappa shape index (κ3) is 5.34. The number of anilines is 1. The molecule has 0 spiro atoms. The van der Waals surface area contributed by atoms with Gasteiger partial charge in [-0.2, -0.15) is 0 Å². The molecule has 26 heavy (non-hydrogen) atoms. The van der Waals surface area contributed by atoms with Crippen LogP contribution in [0.1, 0.15) is 17.3 Å². The van der Waals surface area contributed by atoms with E-state index >= 15 is 0 Å². The molecule has 2 aromatic carbocycles. The first kappa shape index (κ1) is 19.0. The van der Waals surface area contributed by atoms with Crippen LogP contribution in [0.4, 0.5) is 5.69 Å². The zero-order valence-electron chi connectivity index (χ0n) is 14.5. The number of rotatable bonds is 7. The van der Waals surface area contributed by atoms with Gasteiger partial charge in [-0.3, -0.25) is 9.59 Å². The van der Waals surface area contributed by atoms with Crippen LogP contribution in [-0.2, 0) is 14.3 Å². The highest BCUT2D eigenvalue weighted by molar-refractivity contribution is 5.97. The van der Waals surface area contributed by atoms with Crippen LogP contribution in [0.25, 0.3) is 0 Å². The second kappa shape index (κ2) is 9.22. The van der Waals surface area contributed by atoms with Gasteiger partial charge in [0, 0.05) is 5.56 Å². The van der Waals surface area contributed by atoms with Gasteiger partial charge in [-0.15, -0.1) is 0 Å². The predicted octanol–water partition coefficient (Wildman–Crippen LogP) is 2.00. The van der Waals surface area contributed by atoms with E-state index in [2.05, 4.69) is 10.6 Å². The number of nitrogens with one attached hydrogen (secondary N) is 2. The zero-order valence-corrected chi connectivity index (χ0v) is 14.5. The topological polar surface area (TPSA) is 93.7 Å². The van der Waals surface area contributed by atoms with E-state index < -0.39 is 30.4 Å². The monoisotopic (exact) mass is 356 g/mol. The molecule has 0 aliphatic rings. The SMILES string of the molecule is COc1ccccc1NC(=O)COC(=O)[C@@H](C)NC(=O)c1ccccc1. The second-order valence-corrected chi connectivity index (χ2v) is 5.42. The van der Waals surface area contributed by atoms with Crippen molar-refractivity contribution in [3.8, 4) is 5.75 Å². The van der Waals surface area contributed by atoms with E-state index in [-0.39, 0.29) is 0 Å². The average Bonchev–Trinajstić information content (AvgIpc) is 2.67. The lowest BCUT2D eigenvalue weighted by atomic mass is 10.2. The number of methoxy groups -OCH3 is 1. The van der Waals surface area contributed by atoms with Gasteiger partial charge < -0.3 is 20.1 Å². The molecule has 0 unspecified atom stereocenters. The average molecular weight is 356 g/mol. The van der Waals surface area contributed by atoms with Crippen molar-refractivity contribution < 1.29 is 23.9 Å². The van der Waals surface area contributed by atoms with Gasteiger partial charge in [-0.1, -0.05) is 30.3 Å². The molecule has 0 saturated carbocycles. The molecule has 7 nitrogen and oxygen atoms in total. The lowest BCUT2D eigenvalue weighted by Gasteiger charge is -2.14. The summed E-state index contributed by atoms with van der Waals surface area (Å²) in [7, 11) is 1.49. The molecule has 0 heterocycles. The molecule has 0 aliphatic carbocycles. The third-order valence-electron chi connectivity index (χ3n) is 3.46. The van der Waals surface area contributed by atoms with Gasteiger partial charge in [-0.05, 0) is 31.2 Å². The summed E-state index contributed by atoms with van der Waals surface area (Å²) in [4.78, 5) is 35.9. The van der Waals surface area contributed by atoms with Crippen LogP contribution in [0.3, 0.4) is 0 Å².